The van der Waals surface area contributed by atoms with Crippen molar-refractivity contribution in [2.75, 3.05) is 39.4 Å². The third-order valence-electron chi connectivity index (χ3n) is 5.11. The Bertz CT molecular complexity index is 617. The molecule has 0 bridgehead atoms. The van der Waals surface area contributed by atoms with Crippen LogP contribution in [0, 0.1) is 5.92 Å². The minimum Gasteiger partial charge on any atom is -0.378 e. The summed E-state index contributed by atoms with van der Waals surface area (Å²) >= 11 is 0. The first-order chi connectivity index (χ1) is 11.2. The molecule has 1 atom stereocenters. The van der Waals surface area contributed by atoms with Crippen LogP contribution in [0.25, 0.3) is 0 Å². The highest BCUT2D eigenvalue weighted by atomic mass is 16.5. The molecule has 2 amide bonds. The Morgan fingerprint density at radius 1 is 1.13 bits per heavy atom. The summed E-state index contributed by atoms with van der Waals surface area (Å²) in [6.45, 7) is 4.93. The molecule has 23 heavy (non-hydrogen) atoms. The van der Waals surface area contributed by atoms with E-state index in [4.69, 9.17) is 4.74 Å². The number of carbonyl (C=O) groups excluding carboxylic acids is 2. The lowest BCUT2D eigenvalue weighted by Gasteiger charge is -2.33. The van der Waals surface area contributed by atoms with Crippen molar-refractivity contribution in [1.82, 2.24) is 19.4 Å². The number of likely N-dealkylation sites (tertiary alicyclic amines) is 1. The molecule has 0 saturated carbocycles. The third kappa shape index (κ3) is 2.63. The second kappa shape index (κ2) is 5.96. The lowest BCUT2D eigenvalue weighted by Crippen LogP contribution is -2.45. The van der Waals surface area contributed by atoms with Gasteiger partial charge in [0, 0.05) is 32.7 Å². The molecule has 2 fully saturated rings. The van der Waals surface area contributed by atoms with Gasteiger partial charge in [-0.05, 0) is 19.3 Å². The molecule has 4 heterocycles. The normalized spacial score (nSPS) is 24.1. The summed E-state index contributed by atoms with van der Waals surface area (Å²) in [5.74, 6) is 0.244. The number of morpholine rings is 1. The van der Waals surface area contributed by atoms with Gasteiger partial charge in [0.1, 0.15) is 5.69 Å². The molecule has 0 aliphatic carbocycles. The van der Waals surface area contributed by atoms with Gasteiger partial charge in [-0.25, -0.2) is 4.98 Å². The summed E-state index contributed by atoms with van der Waals surface area (Å²) in [5.41, 5.74) is 1.58. The maximum absolute atomic E-state index is 12.6. The van der Waals surface area contributed by atoms with E-state index in [0.29, 0.717) is 38.5 Å². The van der Waals surface area contributed by atoms with E-state index in [0.717, 1.165) is 38.0 Å². The van der Waals surface area contributed by atoms with Crippen molar-refractivity contribution in [1.29, 1.82) is 0 Å². The zero-order valence-electron chi connectivity index (χ0n) is 13.2. The van der Waals surface area contributed by atoms with Gasteiger partial charge < -0.3 is 19.1 Å². The van der Waals surface area contributed by atoms with Crippen molar-refractivity contribution in [3.05, 3.63) is 17.7 Å². The van der Waals surface area contributed by atoms with Crippen molar-refractivity contribution in [3.63, 3.8) is 0 Å². The fraction of sp³-hybridized carbons (Fsp3) is 0.688. The molecule has 0 aromatic carbocycles. The fourth-order valence-electron chi connectivity index (χ4n) is 3.56. The van der Waals surface area contributed by atoms with Crippen LogP contribution in [-0.4, -0.2) is 70.6 Å². The van der Waals surface area contributed by atoms with Gasteiger partial charge in [0.15, 0.2) is 0 Å². The molecule has 1 unspecified atom stereocenters. The number of nitrogens with zero attached hydrogens (tertiary/aromatic N) is 4. The van der Waals surface area contributed by atoms with E-state index in [-0.39, 0.29) is 17.7 Å². The Morgan fingerprint density at radius 3 is 2.61 bits per heavy atom. The fourth-order valence-corrected chi connectivity index (χ4v) is 3.56. The van der Waals surface area contributed by atoms with E-state index < -0.39 is 0 Å². The van der Waals surface area contributed by atoms with E-state index in [1.165, 1.54) is 0 Å². The number of rotatable bonds is 2. The summed E-state index contributed by atoms with van der Waals surface area (Å²) in [7, 11) is 0. The van der Waals surface area contributed by atoms with E-state index >= 15 is 0 Å². The smallest absolute Gasteiger partial charge is 0.274 e. The van der Waals surface area contributed by atoms with Crippen molar-refractivity contribution in [2.24, 2.45) is 5.92 Å². The molecular weight excluding hydrogens is 296 g/mol. The number of carbonyl (C=O) groups is 2. The van der Waals surface area contributed by atoms with Gasteiger partial charge in [-0.2, -0.15) is 0 Å². The van der Waals surface area contributed by atoms with Gasteiger partial charge in [0.2, 0.25) is 5.91 Å². The van der Waals surface area contributed by atoms with Crippen LogP contribution in [-0.2, 0) is 22.5 Å². The van der Waals surface area contributed by atoms with Crippen LogP contribution >= 0.6 is 0 Å². The van der Waals surface area contributed by atoms with Crippen LogP contribution in [0.2, 0.25) is 0 Å². The molecule has 1 aromatic rings. The van der Waals surface area contributed by atoms with E-state index in [9.17, 15) is 9.59 Å². The van der Waals surface area contributed by atoms with E-state index in [2.05, 4.69) is 4.98 Å². The Balaban J connectivity index is 1.46. The third-order valence-corrected chi connectivity index (χ3v) is 5.11. The minimum atomic E-state index is -0.0123. The molecule has 0 radical (unpaired) electrons. The molecule has 3 aliphatic rings. The zero-order chi connectivity index (χ0) is 15.8. The van der Waals surface area contributed by atoms with Crippen molar-refractivity contribution >= 4 is 11.8 Å². The Labute approximate surface area is 135 Å². The molecule has 0 spiro atoms. The van der Waals surface area contributed by atoms with Crippen LogP contribution in [0.4, 0.5) is 0 Å². The summed E-state index contributed by atoms with van der Waals surface area (Å²) in [6.07, 6.45) is 4.34. The SMILES string of the molecule is O=C(c1ncn2c1CCC(C(=O)N1CCOCC1)C2)N1CCC1. The van der Waals surface area contributed by atoms with E-state index in [1.807, 2.05) is 14.4 Å². The monoisotopic (exact) mass is 318 g/mol. The molecule has 124 valence electrons. The first kappa shape index (κ1) is 14.7. The second-order valence-electron chi connectivity index (χ2n) is 6.51. The molecule has 4 rings (SSSR count). The Hall–Kier alpha value is -1.89. The molecular formula is C16H22N4O3. The van der Waals surface area contributed by atoms with Crippen LogP contribution in [0.1, 0.15) is 29.0 Å². The summed E-state index contributed by atoms with van der Waals surface area (Å²) in [4.78, 5) is 33.1. The number of hydrogen-bond acceptors (Lipinski definition) is 4. The van der Waals surface area contributed by atoms with Gasteiger partial charge in [-0.3, -0.25) is 9.59 Å². The number of ether oxygens (including phenoxy) is 1. The van der Waals surface area contributed by atoms with Crippen molar-refractivity contribution in [2.45, 2.75) is 25.8 Å². The highest BCUT2D eigenvalue weighted by Crippen LogP contribution is 2.25. The number of aromatic nitrogens is 2. The molecule has 1 aromatic heterocycles. The largest absolute Gasteiger partial charge is 0.378 e. The van der Waals surface area contributed by atoms with Crippen molar-refractivity contribution < 1.29 is 14.3 Å². The van der Waals surface area contributed by atoms with Gasteiger partial charge in [0.05, 0.1) is 31.2 Å². The maximum Gasteiger partial charge on any atom is 0.274 e. The Kier molecular flexibility index (Phi) is 3.80. The summed E-state index contributed by atoms with van der Waals surface area (Å²) < 4.78 is 7.31. The standard InChI is InChI=1S/C16H22N4O3/c21-15(19-6-8-23-9-7-19)12-2-3-13-14(17-11-20(13)10-12)16(22)18-4-1-5-18/h11-12H,1-10H2. The van der Waals surface area contributed by atoms with Crippen LogP contribution < -0.4 is 0 Å². The highest BCUT2D eigenvalue weighted by molar-refractivity contribution is 5.94. The molecule has 3 aliphatic heterocycles. The first-order valence-electron chi connectivity index (χ1n) is 8.44. The van der Waals surface area contributed by atoms with E-state index in [1.54, 1.807) is 6.33 Å². The predicted octanol–water partition coefficient (Wildman–Crippen LogP) is 0.150. The minimum absolute atomic E-state index is 0.0123. The average Bonchev–Trinajstić information content (AvgIpc) is 2.96. The molecule has 2 saturated heterocycles. The van der Waals surface area contributed by atoms with Crippen LogP contribution in [0.3, 0.4) is 0 Å². The highest BCUT2D eigenvalue weighted by Gasteiger charge is 2.33. The van der Waals surface area contributed by atoms with Crippen LogP contribution in [0.5, 0.6) is 0 Å². The molecule has 7 nitrogen and oxygen atoms in total. The van der Waals surface area contributed by atoms with Gasteiger partial charge in [0.25, 0.3) is 5.91 Å². The lowest BCUT2D eigenvalue weighted by atomic mass is 9.95. The van der Waals surface area contributed by atoms with Gasteiger partial charge in [-0.1, -0.05) is 0 Å². The molecule has 0 N–H and O–H groups in total. The van der Waals surface area contributed by atoms with Crippen molar-refractivity contribution in [3.8, 4) is 0 Å². The molecule has 7 heteroatoms. The summed E-state index contributed by atoms with van der Waals surface area (Å²) in [6, 6.07) is 0. The van der Waals surface area contributed by atoms with Gasteiger partial charge >= 0.3 is 0 Å². The lowest BCUT2D eigenvalue weighted by molar-refractivity contribution is -0.140. The number of amides is 2. The quantitative estimate of drug-likeness (QED) is 0.778. The van der Waals surface area contributed by atoms with Gasteiger partial charge in [-0.15, -0.1) is 0 Å². The maximum atomic E-state index is 12.6. The zero-order valence-corrected chi connectivity index (χ0v) is 13.2. The summed E-state index contributed by atoms with van der Waals surface area (Å²) in [5, 5.41) is 0. The predicted molar refractivity (Wildman–Crippen MR) is 82.0 cm³/mol. The number of fused-ring (bicyclic) bond motifs is 1. The Morgan fingerprint density at radius 2 is 1.91 bits per heavy atom. The number of hydrogen-bond donors (Lipinski definition) is 0. The first-order valence-corrected chi connectivity index (χ1v) is 8.44. The van der Waals surface area contributed by atoms with Crippen LogP contribution in [0.15, 0.2) is 6.33 Å². The number of imidazole rings is 1. The second-order valence-corrected chi connectivity index (χ2v) is 6.51. The topological polar surface area (TPSA) is 67.7 Å². The average molecular weight is 318 g/mol.